The van der Waals surface area contributed by atoms with Crippen molar-refractivity contribution >= 4 is 10.9 Å². The van der Waals surface area contributed by atoms with Crippen molar-refractivity contribution in [2.45, 2.75) is 26.2 Å². The van der Waals surface area contributed by atoms with Crippen molar-refractivity contribution in [3.8, 4) is 22.5 Å². The second-order valence-corrected chi connectivity index (χ2v) is 7.69. The van der Waals surface area contributed by atoms with E-state index in [4.69, 9.17) is 4.42 Å². The molecule has 0 aliphatic rings. The summed E-state index contributed by atoms with van der Waals surface area (Å²) in [5, 5.41) is 12.5. The van der Waals surface area contributed by atoms with E-state index in [9.17, 15) is 0 Å². The minimum atomic E-state index is -0.269. The Morgan fingerprint density at radius 1 is 1.13 bits per heavy atom. The van der Waals surface area contributed by atoms with Crippen molar-refractivity contribution in [3.63, 3.8) is 0 Å². The molecule has 0 atom stereocenters. The van der Waals surface area contributed by atoms with Crippen molar-refractivity contribution in [2.75, 3.05) is 0 Å². The lowest BCUT2D eigenvalue weighted by Gasteiger charge is -2.10. The molecule has 5 aromatic rings. The van der Waals surface area contributed by atoms with Gasteiger partial charge < -0.3 is 4.42 Å². The Hall–Kier alpha value is -3.81. The third-order valence-electron chi connectivity index (χ3n) is 5.41. The van der Waals surface area contributed by atoms with E-state index in [1.807, 2.05) is 32.3 Å². The van der Waals surface area contributed by atoms with Crippen LogP contribution in [0, 0.1) is 12.7 Å². The minimum absolute atomic E-state index is 0.269. The molecule has 7 nitrogen and oxygen atoms in total. The molecular formula is C23H21FN6O. The summed E-state index contributed by atoms with van der Waals surface area (Å²) < 4.78 is 21.9. The van der Waals surface area contributed by atoms with Gasteiger partial charge >= 0.3 is 0 Å². The molecular weight excluding hydrogens is 395 g/mol. The Balaban J connectivity index is 1.45. The predicted octanol–water partition coefficient (Wildman–Crippen LogP) is 4.64. The lowest BCUT2D eigenvalue weighted by Crippen LogP contribution is -1.97. The number of aromatic nitrogens is 6. The van der Waals surface area contributed by atoms with Crippen molar-refractivity contribution in [1.29, 1.82) is 0 Å². The monoisotopic (exact) mass is 416 g/mol. The van der Waals surface area contributed by atoms with Crippen molar-refractivity contribution in [3.05, 3.63) is 72.1 Å². The summed E-state index contributed by atoms with van der Waals surface area (Å²) in [6, 6.07) is 5.52. The molecule has 8 heteroatoms. The summed E-state index contributed by atoms with van der Waals surface area (Å²) >= 11 is 0. The summed E-state index contributed by atoms with van der Waals surface area (Å²) in [6.07, 6.45) is 10.9. The average molecular weight is 416 g/mol. The van der Waals surface area contributed by atoms with Crippen LogP contribution in [0.3, 0.4) is 0 Å². The number of halogens is 1. The molecule has 1 N–H and O–H groups in total. The molecule has 0 aliphatic carbocycles. The number of fused-ring (bicyclic) bond motifs is 1. The van der Waals surface area contributed by atoms with Crippen LogP contribution in [-0.4, -0.2) is 29.9 Å². The van der Waals surface area contributed by atoms with Crippen LogP contribution in [-0.2, 0) is 19.9 Å². The lowest BCUT2D eigenvalue weighted by atomic mass is 9.97. The zero-order valence-electron chi connectivity index (χ0n) is 17.3. The zero-order valence-corrected chi connectivity index (χ0v) is 17.3. The van der Waals surface area contributed by atoms with Crippen molar-refractivity contribution < 1.29 is 8.81 Å². The smallest absolute Gasteiger partial charge is 0.180 e. The fourth-order valence-electron chi connectivity index (χ4n) is 3.94. The Labute approximate surface area is 178 Å². The number of H-pyrrole nitrogens is 1. The molecule has 0 spiro atoms. The summed E-state index contributed by atoms with van der Waals surface area (Å²) in [5.74, 6) is -0.269. The first-order chi connectivity index (χ1) is 15.1. The zero-order chi connectivity index (χ0) is 21.4. The maximum absolute atomic E-state index is 15.1. The Kier molecular flexibility index (Phi) is 4.82. The van der Waals surface area contributed by atoms with Crippen molar-refractivity contribution in [1.82, 2.24) is 29.9 Å². The third-order valence-corrected chi connectivity index (χ3v) is 5.41. The Bertz CT molecular complexity index is 1330. The maximum atomic E-state index is 15.1. The first-order valence-electron chi connectivity index (χ1n) is 10.1. The molecule has 0 radical (unpaired) electrons. The van der Waals surface area contributed by atoms with E-state index in [0.717, 1.165) is 58.2 Å². The Morgan fingerprint density at radius 2 is 2.03 bits per heavy atom. The average Bonchev–Trinajstić information content (AvgIpc) is 3.48. The van der Waals surface area contributed by atoms with E-state index in [1.165, 1.54) is 6.39 Å². The van der Waals surface area contributed by atoms with Crippen molar-refractivity contribution in [2.24, 2.45) is 7.05 Å². The predicted molar refractivity (Wildman–Crippen MR) is 115 cm³/mol. The first kappa shape index (κ1) is 19.2. The first-order valence-corrected chi connectivity index (χ1v) is 10.1. The molecule has 0 unspecified atom stereocenters. The van der Waals surface area contributed by atoms with Gasteiger partial charge in [-0.25, -0.2) is 9.37 Å². The van der Waals surface area contributed by atoms with Gasteiger partial charge in [-0.05, 0) is 49.4 Å². The number of hydrogen-bond acceptors (Lipinski definition) is 5. The van der Waals surface area contributed by atoms with E-state index in [-0.39, 0.29) is 5.82 Å². The van der Waals surface area contributed by atoms with E-state index < -0.39 is 0 Å². The highest BCUT2D eigenvalue weighted by atomic mass is 19.1. The van der Waals surface area contributed by atoms with Gasteiger partial charge in [0.2, 0.25) is 0 Å². The summed E-state index contributed by atoms with van der Waals surface area (Å²) in [5.41, 5.74) is 6.29. The number of pyridine rings is 1. The summed E-state index contributed by atoms with van der Waals surface area (Å²) in [4.78, 5) is 8.61. The number of nitrogens with zero attached hydrogens (tertiary/aromatic N) is 5. The number of hydrogen-bond donors (Lipinski definition) is 1. The van der Waals surface area contributed by atoms with E-state index in [2.05, 4.69) is 25.3 Å². The molecule has 0 saturated heterocycles. The number of aromatic amines is 1. The Morgan fingerprint density at radius 3 is 2.77 bits per heavy atom. The van der Waals surface area contributed by atoms with Crippen LogP contribution < -0.4 is 0 Å². The van der Waals surface area contributed by atoms with Crippen LogP contribution in [0.2, 0.25) is 0 Å². The van der Waals surface area contributed by atoms with Crippen LogP contribution in [0.1, 0.15) is 23.2 Å². The number of nitrogens with one attached hydrogen (secondary N) is 1. The largest absolute Gasteiger partial charge is 0.451 e. The van der Waals surface area contributed by atoms with Crippen LogP contribution in [0.5, 0.6) is 0 Å². The van der Waals surface area contributed by atoms with Crippen LogP contribution >= 0.6 is 0 Å². The topological polar surface area (TPSA) is 85.4 Å². The quantitative estimate of drug-likeness (QED) is 0.436. The normalized spacial score (nSPS) is 11.5. The molecule has 0 amide bonds. The molecule has 1 aromatic carbocycles. The second kappa shape index (κ2) is 7.79. The van der Waals surface area contributed by atoms with Gasteiger partial charge in [-0.15, -0.1) is 0 Å². The van der Waals surface area contributed by atoms with E-state index in [0.29, 0.717) is 11.3 Å². The standard InChI is InChI=1S/C23H21FN6O/c1-14-6-15(4-3-5-17-12-31-13-26-17)7-19(24)22(14)20-8-18-21(10-25-20)28-29-23(18)16-9-27-30(2)11-16/h6-13H,3-5H2,1-2H3,(H,28,29). The molecule has 5 rings (SSSR count). The molecule has 0 saturated carbocycles. The SMILES string of the molecule is Cc1cc(CCCc2cocn2)cc(F)c1-c1cc2c(-c3cnn(C)c3)n[nH]c2cn1. The van der Waals surface area contributed by atoms with Gasteiger partial charge in [-0.1, -0.05) is 6.07 Å². The molecule has 0 bridgehead atoms. The number of rotatable bonds is 6. The van der Waals surface area contributed by atoms with Gasteiger partial charge in [0, 0.05) is 29.8 Å². The lowest BCUT2D eigenvalue weighted by molar-refractivity contribution is 0.556. The molecule has 31 heavy (non-hydrogen) atoms. The van der Waals surface area contributed by atoms with Crippen LogP contribution in [0.15, 0.2) is 53.9 Å². The summed E-state index contributed by atoms with van der Waals surface area (Å²) in [6.45, 7) is 1.92. The highest BCUT2D eigenvalue weighted by Crippen LogP contribution is 2.32. The van der Waals surface area contributed by atoms with Gasteiger partial charge in [-0.3, -0.25) is 14.8 Å². The van der Waals surface area contributed by atoms with Gasteiger partial charge in [0.1, 0.15) is 17.8 Å². The number of aryl methyl sites for hydroxylation is 4. The van der Waals surface area contributed by atoms with Crippen LogP contribution in [0.4, 0.5) is 4.39 Å². The molecule has 4 heterocycles. The van der Waals surface area contributed by atoms with E-state index in [1.54, 1.807) is 29.4 Å². The van der Waals surface area contributed by atoms with Gasteiger partial charge in [0.25, 0.3) is 0 Å². The second-order valence-electron chi connectivity index (χ2n) is 7.69. The number of benzene rings is 1. The molecule has 156 valence electrons. The third kappa shape index (κ3) is 3.72. The molecule has 4 aromatic heterocycles. The fourth-order valence-corrected chi connectivity index (χ4v) is 3.94. The van der Waals surface area contributed by atoms with Gasteiger partial charge in [-0.2, -0.15) is 10.2 Å². The fraction of sp³-hybridized carbons (Fsp3) is 0.217. The summed E-state index contributed by atoms with van der Waals surface area (Å²) in [7, 11) is 1.86. The van der Waals surface area contributed by atoms with Gasteiger partial charge in [0.05, 0.1) is 29.3 Å². The highest BCUT2D eigenvalue weighted by molar-refractivity contribution is 5.94. The molecule has 0 fully saturated rings. The minimum Gasteiger partial charge on any atom is -0.451 e. The van der Waals surface area contributed by atoms with Crippen LogP contribution in [0.25, 0.3) is 33.4 Å². The number of oxazole rings is 1. The molecule has 0 aliphatic heterocycles. The highest BCUT2D eigenvalue weighted by Gasteiger charge is 2.16. The van der Waals surface area contributed by atoms with E-state index >= 15 is 4.39 Å². The van der Waals surface area contributed by atoms with Gasteiger partial charge in [0.15, 0.2) is 6.39 Å². The maximum Gasteiger partial charge on any atom is 0.180 e.